The molecule has 2 aliphatic carbocycles. The van der Waals surface area contributed by atoms with E-state index in [2.05, 4.69) is 5.32 Å². The van der Waals surface area contributed by atoms with Gasteiger partial charge in [0.15, 0.2) is 0 Å². The van der Waals surface area contributed by atoms with Crippen molar-refractivity contribution in [3.63, 3.8) is 0 Å². The minimum absolute atomic E-state index is 0.0349. The van der Waals surface area contributed by atoms with Crippen molar-refractivity contribution in [2.75, 3.05) is 19.6 Å². The van der Waals surface area contributed by atoms with Gasteiger partial charge in [-0.2, -0.15) is 0 Å². The van der Waals surface area contributed by atoms with Crippen molar-refractivity contribution < 1.29 is 14.0 Å². The van der Waals surface area contributed by atoms with Gasteiger partial charge in [0.2, 0.25) is 11.8 Å². The number of benzene rings is 1. The number of hydrogen-bond acceptors (Lipinski definition) is 2. The molecule has 2 saturated carbocycles. The first-order chi connectivity index (χ1) is 13.1. The summed E-state index contributed by atoms with van der Waals surface area (Å²) in [6.07, 6.45) is 7.51. The van der Waals surface area contributed by atoms with Gasteiger partial charge in [-0.05, 0) is 50.2 Å². The molecule has 5 heteroatoms. The van der Waals surface area contributed by atoms with E-state index >= 15 is 0 Å². The van der Waals surface area contributed by atoms with Gasteiger partial charge in [-0.3, -0.25) is 9.59 Å². The molecule has 1 saturated heterocycles. The lowest BCUT2D eigenvalue weighted by Crippen LogP contribution is -2.46. The van der Waals surface area contributed by atoms with Crippen molar-refractivity contribution in [3.8, 4) is 0 Å². The quantitative estimate of drug-likeness (QED) is 0.861. The third-order valence-electron chi connectivity index (χ3n) is 6.71. The molecule has 1 aliphatic heterocycles. The highest BCUT2D eigenvalue weighted by molar-refractivity contribution is 5.82. The monoisotopic (exact) mass is 372 g/mol. The van der Waals surface area contributed by atoms with E-state index in [1.807, 2.05) is 17.0 Å². The summed E-state index contributed by atoms with van der Waals surface area (Å²) in [5, 5.41) is 3.13. The number of amides is 2. The molecule has 1 heterocycles. The lowest BCUT2D eigenvalue weighted by atomic mass is 9.78. The van der Waals surface area contributed by atoms with E-state index in [1.165, 1.54) is 6.07 Å². The summed E-state index contributed by atoms with van der Waals surface area (Å²) in [5.74, 6) is 0.390. The number of hydrogen-bond donors (Lipinski definition) is 1. The standard InChI is InChI=1S/C22H29FN2O2/c23-19-6-2-1-5-18(19)22(11-3-4-12-22)15-24-20(26)16-9-13-25(14-10-16)21(27)17-7-8-17/h1-2,5-6,16-17H,3-4,7-15H2,(H,24,26). The average molecular weight is 372 g/mol. The van der Waals surface area contributed by atoms with Crippen LogP contribution in [0, 0.1) is 17.7 Å². The summed E-state index contributed by atoms with van der Waals surface area (Å²) in [6, 6.07) is 6.99. The minimum Gasteiger partial charge on any atom is -0.355 e. The molecule has 1 aromatic rings. The number of nitrogens with one attached hydrogen (secondary N) is 1. The van der Waals surface area contributed by atoms with E-state index in [-0.39, 0.29) is 34.9 Å². The Bertz CT molecular complexity index is 702. The van der Waals surface area contributed by atoms with E-state index in [9.17, 15) is 14.0 Å². The van der Waals surface area contributed by atoms with E-state index < -0.39 is 0 Å². The maximum Gasteiger partial charge on any atom is 0.225 e. The van der Waals surface area contributed by atoms with Gasteiger partial charge >= 0.3 is 0 Å². The Labute approximate surface area is 160 Å². The molecule has 0 spiro atoms. The third kappa shape index (κ3) is 3.87. The molecule has 3 aliphatic rings. The zero-order chi connectivity index (χ0) is 18.9. The van der Waals surface area contributed by atoms with E-state index in [4.69, 9.17) is 0 Å². The fourth-order valence-electron chi connectivity index (χ4n) is 4.84. The topological polar surface area (TPSA) is 49.4 Å². The van der Waals surface area contributed by atoms with Gasteiger partial charge in [-0.15, -0.1) is 0 Å². The molecule has 1 aromatic carbocycles. The second-order valence-electron chi connectivity index (χ2n) is 8.56. The molecule has 0 unspecified atom stereocenters. The summed E-state index contributed by atoms with van der Waals surface area (Å²) in [5.41, 5.74) is 0.469. The largest absolute Gasteiger partial charge is 0.355 e. The maximum atomic E-state index is 14.4. The van der Waals surface area contributed by atoms with Crippen molar-refractivity contribution >= 4 is 11.8 Å². The summed E-state index contributed by atoms with van der Waals surface area (Å²) < 4.78 is 14.4. The van der Waals surface area contributed by atoms with Crippen LogP contribution >= 0.6 is 0 Å². The molecule has 0 atom stereocenters. The highest BCUT2D eigenvalue weighted by Crippen LogP contribution is 2.41. The molecule has 0 aromatic heterocycles. The number of likely N-dealkylation sites (tertiary alicyclic amines) is 1. The van der Waals surface area contributed by atoms with Crippen LogP contribution in [0.25, 0.3) is 0 Å². The zero-order valence-corrected chi connectivity index (χ0v) is 15.9. The predicted molar refractivity (Wildman–Crippen MR) is 102 cm³/mol. The Morgan fingerprint density at radius 1 is 1.04 bits per heavy atom. The number of nitrogens with zero attached hydrogens (tertiary/aromatic N) is 1. The molecule has 4 nitrogen and oxygen atoms in total. The predicted octanol–water partition coefficient (Wildman–Crippen LogP) is 3.40. The van der Waals surface area contributed by atoms with Crippen molar-refractivity contribution in [2.45, 2.75) is 56.8 Å². The van der Waals surface area contributed by atoms with Crippen LogP contribution < -0.4 is 5.32 Å². The summed E-state index contributed by atoms with van der Waals surface area (Å²) in [7, 11) is 0. The van der Waals surface area contributed by atoms with Gasteiger partial charge in [0, 0.05) is 36.9 Å². The summed E-state index contributed by atoms with van der Waals surface area (Å²) in [4.78, 5) is 26.8. The van der Waals surface area contributed by atoms with Crippen molar-refractivity contribution in [1.82, 2.24) is 10.2 Å². The van der Waals surface area contributed by atoms with E-state index in [0.29, 0.717) is 19.6 Å². The fourth-order valence-corrected chi connectivity index (χ4v) is 4.84. The Morgan fingerprint density at radius 2 is 1.70 bits per heavy atom. The Hall–Kier alpha value is -1.91. The molecule has 0 bridgehead atoms. The van der Waals surface area contributed by atoms with Crippen LogP contribution in [0.1, 0.15) is 56.9 Å². The fraction of sp³-hybridized carbons (Fsp3) is 0.636. The summed E-state index contributed by atoms with van der Waals surface area (Å²) >= 11 is 0. The molecule has 27 heavy (non-hydrogen) atoms. The van der Waals surface area contributed by atoms with Crippen molar-refractivity contribution in [3.05, 3.63) is 35.6 Å². The normalized spacial score (nSPS) is 22.6. The number of halogens is 1. The molecule has 0 radical (unpaired) electrons. The van der Waals surface area contributed by atoms with Gasteiger partial charge in [-0.25, -0.2) is 4.39 Å². The van der Waals surface area contributed by atoms with Gasteiger partial charge < -0.3 is 10.2 Å². The third-order valence-corrected chi connectivity index (χ3v) is 6.71. The second-order valence-corrected chi connectivity index (χ2v) is 8.56. The van der Waals surface area contributed by atoms with E-state index in [0.717, 1.165) is 56.9 Å². The first-order valence-corrected chi connectivity index (χ1v) is 10.4. The summed E-state index contributed by atoms with van der Waals surface area (Å²) in [6.45, 7) is 1.88. The minimum atomic E-state index is -0.274. The molecule has 146 valence electrons. The highest BCUT2D eigenvalue weighted by atomic mass is 19.1. The highest BCUT2D eigenvalue weighted by Gasteiger charge is 2.39. The first-order valence-electron chi connectivity index (χ1n) is 10.4. The van der Waals surface area contributed by atoms with Crippen molar-refractivity contribution in [1.29, 1.82) is 0 Å². The van der Waals surface area contributed by atoms with Gasteiger partial charge in [0.1, 0.15) is 5.82 Å². The van der Waals surface area contributed by atoms with Gasteiger partial charge in [-0.1, -0.05) is 31.0 Å². The zero-order valence-electron chi connectivity index (χ0n) is 15.9. The molecular formula is C22H29FN2O2. The Balaban J connectivity index is 1.34. The number of piperidine rings is 1. The van der Waals surface area contributed by atoms with Crippen LogP contribution in [0.4, 0.5) is 4.39 Å². The smallest absolute Gasteiger partial charge is 0.225 e. The van der Waals surface area contributed by atoms with Crippen LogP contribution in [-0.4, -0.2) is 36.3 Å². The van der Waals surface area contributed by atoms with Crippen LogP contribution in [0.15, 0.2) is 24.3 Å². The number of carbonyl (C=O) groups is 2. The molecule has 3 fully saturated rings. The van der Waals surface area contributed by atoms with Gasteiger partial charge in [0.05, 0.1) is 0 Å². The Kier molecular flexibility index (Phi) is 5.20. The molecule has 4 rings (SSSR count). The Morgan fingerprint density at radius 3 is 2.33 bits per heavy atom. The number of rotatable bonds is 5. The van der Waals surface area contributed by atoms with Crippen LogP contribution in [0.5, 0.6) is 0 Å². The lowest BCUT2D eigenvalue weighted by molar-refractivity contribution is -0.136. The molecular weight excluding hydrogens is 343 g/mol. The van der Waals surface area contributed by atoms with Crippen molar-refractivity contribution in [2.24, 2.45) is 11.8 Å². The van der Waals surface area contributed by atoms with Crippen LogP contribution in [0.3, 0.4) is 0 Å². The average Bonchev–Trinajstić information content (AvgIpc) is 3.44. The number of carbonyl (C=O) groups excluding carboxylic acids is 2. The lowest BCUT2D eigenvalue weighted by Gasteiger charge is -2.34. The first kappa shape index (κ1) is 18.5. The van der Waals surface area contributed by atoms with Gasteiger partial charge in [0.25, 0.3) is 0 Å². The molecule has 2 amide bonds. The van der Waals surface area contributed by atoms with Crippen LogP contribution in [-0.2, 0) is 15.0 Å². The van der Waals surface area contributed by atoms with E-state index in [1.54, 1.807) is 6.07 Å². The molecule has 1 N–H and O–H groups in total. The maximum absolute atomic E-state index is 14.4. The second kappa shape index (κ2) is 7.61. The SMILES string of the molecule is O=C(NCC1(c2ccccc2F)CCCC1)C1CCN(C(=O)C2CC2)CC1. The van der Waals surface area contributed by atoms with Crippen LogP contribution in [0.2, 0.25) is 0 Å².